The zero-order valence-electron chi connectivity index (χ0n) is 15.7. The molecule has 3 aliphatic rings. The average molecular weight is 355 g/mol. The zero-order chi connectivity index (χ0) is 18.9. The molecule has 2 fully saturated rings. The third-order valence-corrected chi connectivity index (χ3v) is 7.53. The molecule has 2 saturated carbocycles. The number of benzene rings is 1. The topological polar surface area (TPSA) is 63.7 Å². The molecule has 138 valence electrons. The van der Waals surface area contributed by atoms with Gasteiger partial charge >= 0.3 is 5.97 Å². The second-order valence-electron chi connectivity index (χ2n) is 8.74. The molecule has 0 saturated heterocycles. The summed E-state index contributed by atoms with van der Waals surface area (Å²) < 4.78 is 5.87. The number of hydrogen-bond donors (Lipinski definition) is 0. The van der Waals surface area contributed by atoms with E-state index in [1.807, 2.05) is 0 Å². The van der Waals surface area contributed by atoms with Crippen molar-refractivity contribution < 1.29 is 19.1 Å². The van der Waals surface area contributed by atoms with Crippen molar-refractivity contribution in [2.75, 3.05) is 0 Å². The number of esters is 1. The Morgan fingerprint density at radius 1 is 1.15 bits per heavy atom. The minimum absolute atomic E-state index is 0.0466. The Morgan fingerprint density at radius 2 is 1.73 bits per heavy atom. The third kappa shape index (κ3) is 2.06. The number of fused-ring (bicyclic) bond motifs is 3. The molecule has 1 heterocycles. The molecule has 0 N–H and O–H groups in total. The van der Waals surface area contributed by atoms with Gasteiger partial charge in [-0.1, -0.05) is 32.9 Å². The fourth-order valence-corrected chi connectivity index (χ4v) is 5.21. The van der Waals surface area contributed by atoms with Crippen LogP contribution in [0.5, 0.6) is 0 Å². The lowest BCUT2D eigenvalue weighted by molar-refractivity contribution is -0.161. The van der Waals surface area contributed by atoms with Crippen LogP contribution in [0.25, 0.3) is 0 Å². The van der Waals surface area contributed by atoms with E-state index in [0.29, 0.717) is 17.0 Å². The number of carbonyl (C=O) groups is 3. The van der Waals surface area contributed by atoms with E-state index in [4.69, 9.17) is 4.74 Å². The molecular formula is C21H25NO4. The molecule has 0 unspecified atom stereocenters. The second kappa shape index (κ2) is 5.41. The summed E-state index contributed by atoms with van der Waals surface area (Å²) in [6.07, 6.45) is 2.93. The normalized spacial score (nSPS) is 32.7. The van der Waals surface area contributed by atoms with Gasteiger partial charge in [-0.3, -0.25) is 14.5 Å². The van der Waals surface area contributed by atoms with Crippen LogP contribution in [0.3, 0.4) is 0 Å². The van der Waals surface area contributed by atoms with E-state index in [-0.39, 0.29) is 16.9 Å². The van der Waals surface area contributed by atoms with E-state index >= 15 is 0 Å². The highest BCUT2D eigenvalue weighted by Gasteiger charge is 2.63. The summed E-state index contributed by atoms with van der Waals surface area (Å²) >= 11 is 0. The maximum atomic E-state index is 12.8. The first-order valence-electron chi connectivity index (χ1n) is 9.36. The van der Waals surface area contributed by atoms with Gasteiger partial charge in [-0.15, -0.1) is 0 Å². The molecule has 1 aromatic rings. The molecule has 4 rings (SSSR count). The van der Waals surface area contributed by atoms with E-state index in [2.05, 4.69) is 20.8 Å². The summed E-state index contributed by atoms with van der Waals surface area (Å²) in [5.41, 5.74) is 0.793. The van der Waals surface area contributed by atoms with Crippen LogP contribution in [-0.2, 0) is 9.53 Å². The number of imide groups is 1. The van der Waals surface area contributed by atoms with Crippen molar-refractivity contribution in [2.24, 2.45) is 16.7 Å². The molecule has 0 aromatic heterocycles. The largest absolute Gasteiger partial charge is 0.460 e. The predicted molar refractivity (Wildman–Crippen MR) is 95.5 cm³/mol. The molecule has 4 atom stereocenters. The maximum Gasteiger partial charge on any atom is 0.329 e. The Labute approximate surface area is 153 Å². The molecule has 2 bridgehead atoms. The van der Waals surface area contributed by atoms with E-state index in [1.165, 1.54) is 6.42 Å². The van der Waals surface area contributed by atoms with Gasteiger partial charge in [0, 0.05) is 5.41 Å². The summed E-state index contributed by atoms with van der Waals surface area (Å²) in [4.78, 5) is 39.0. The zero-order valence-corrected chi connectivity index (χ0v) is 15.7. The van der Waals surface area contributed by atoms with Gasteiger partial charge in [0.15, 0.2) is 0 Å². The van der Waals surface area contributed by atoms with Crippen molar-refractivity contribution in [3.8, 4) is 0 Å². The van der Waals surface area contributed by atoms with Crippen LogP contribution in [0.4, 0.5) is 0 Å². The van der Waals surface area contributed by atoms with Crippen LogP contribution in [0.2, 0.25) is 0 Å². The minimum atomic E-state index is -0.923. The van der Waals surface area contributed by atoms with E-state index in [9.17, 15) is 14.4 Å². The molecule has 0 radical (unpaired) electrons. The Morgan fingerprint density at radius 3 is 2.19 bits per heavy atom. The highest BCUT2D eigenvalue weighted by atomic mass is 16.5. The molecule has 26 heavy (non-hydrogen) atoms. The molecule has 2 aliphatic carbocycles. The third-order valence-electron chi connectivity index (χ3n) is 7.53. The Bertz CT molecular complexity index is 779. The smallest absolute Gasteiger partial charge is 0.329 e. The monoisotopic (exact) mass is 355 g/mol. The molecule has 1 aromatic carbocycles. The fraction of sp³-hybridized carbons (Fsp3) is 0.571. The summed E-state index contributed by atoms with van der Waals surface area (Å²) in [6, 6.07) is 5.75. The summed E-state index contributed by atoms with van der Waals surface area (Å²) in [5.74, 6) is -0.780. The molecule has 1 aliphatic heterocycles. The van der Waals surface area contributed by atoms with E-state index in [1.54, 1.807) is 31.2 Å². The van der Waals surface area contributed by atoms with Crippen molar-refractivity contribution in [2.45, 2.75) is 59.1 Å². The number of hydrogen-bond acceptors (Lipinski definition) is 4. The first-order valence-corrected chi connectivity index (χ1v) is 9.36. The van der Waals surface area contributed by atoms with Crippen molar-refractivity contribution in [3.05, 3.63) is 35.4 Å². The molecule has 5 heteroatoms. The van der Waals surface area contributed by atoms with Gasteiger partial charge in [0.05, 0.1) is 11.1 Å². The Kier molecular flexibility index (Phi) is 3.59. The Balaban J connectivity index is 1.52. The molecule has 0 spiro atoms. The van der Waals surface area contributed by atoms with Gasteiger partial charge in [0.1, 0.15) is 12.1 Å². The van der Waals surface area contributed by atoms with Crippen LogP contribution in [0.1, 0.15) is 67.7 Å². The van der Waals surface area contributed by atoms with Crippen molar-refractivity contribution in [1.82, 2.24) is 4.90 Å². The standard InChI is InChI=1S/C21H25NO4/c1-12(22-17(23)14-7-5-6-8-15(14)18(22)24)19(25)26-16-11-13-9-10-21(16,4)20(13,2)3/h5-8,12-13,16H,9-11H2,1-4H3/t12-,13+,16+,21+/m0/s1. The van der Waals surface area contributed by atoms with Crippen LogP contribution >= 0.6 is 0 Å². The number of nitrogens with zero attached hydrogens (tertiary/aromatic N) is 1. The summed E-state index contributed by atoms with van der Waals surface area (Å²) in [7, 11) is 0. The van der Waals surface area contributed by atoms with Crippen LogP contribution in [-0.4, -0.2) is 34.8 Å². The fourth-order valence-electron chi connectivity index (χ4n) is 5.21. The average Bonchev–Trinajstić information content (AvgIpc) is 3.07. The summed E-state index contributed by atoms with van der Waals surface area (Å²) in [5, 5.41) is 0. The predicted octanol–water partition coefficient (Wildman–Crippen LogP) is 3.43. The Hall–Kier alpha value is -2.17. The van der Waals surface area contributed by atoms with Crippen LogP contribution < -0.4 is 0 Å². The first kappa shape index (κ1) is 17.3. The van der Waals surface area contributed by atoms with E-state index in [0.717, 1.165) is 17.7 Å². The molecular weight excluding hydrogens is 330 g/mol. The van der Waals surface area contributed by atoms with Crippen LogP contribution in [0, 0.1) is 16.7 Å². The minimum Gasteiger partial charge on any atom is -0.460 e. The van der Waals surface area contributed by atoms with Gasteiger partial charge in [0.2, 0.25) is 0 Å². The van der Waals surface area contributed by atoms with Gasteiger partial charge < -0.3 is 4.74 Å². The molecule has 5 nitrogen and oxygen atoms in total. The highest BCUT2D eigenvalue weighted by Crippen LogP contribution is 2.66. The lowest BCUT2D eigenvalue weighted by Gasteiger charge is -2.39. The number of carbonyl (C=O) groups excluding carboxylic acids is 3. The van der Waals surface area contributed by atoms with E-state index < -0.39 is 23.8 Å². The van der Waals surface area contributed by atoms with Gasteiger partial charge in [-0.05, 0) is 49.7 Å². The number of ether oxygens (including phenoxy) is 1. The number of amides is 2. The van der Waals surface area contributed by atoms with Gasteiger partial charge in [-0.25, -0.2) is 4.79 Å². The first-order chi connectivity index (χ1) is 12.2. The van der Waals surface area contributed by atoms with Gasteiger partial charge in [0.25, 0.3) is 11.8 Å². The van der Waals surface area contributed by atoms with Crippen molar-refractivity contribution >= 4 is 17.8 Å². The molecule has 2 amide bonds. The quantitative estimate of drug-likeness (QED) is 0.615. The maximum absolute atomic E-state index is 12.8. The SMILES string of the molecule is C[C@@H](C(=O)O[C@@H]1C[C@H]2CC[C@@]1(C)C2(C)C)N1C(=O)c2ccccc2C1=O. The lowest BCUT2D eigenvalue weighted by Crippen LogP contribution is -2.46. The lowest BCUT2D eigenvalue weighted by atomic mass is 9.70. The summed E-state index contributed by atoms with van der Waals surface area (Å²) in [6.45, 7) is 8.29. The van der Waals surface area contributed by atoms with Crippen molar-refractivity contribution in [3.63, 3.8) is 0 Å². The van der Waals surface area contributed by atoms with Gasteiger partial charge in [-0.2, -0.15) is 0 Å². The number of rotatable bonds is 3. The second-order valence-corrected chi connectivity index (χ2v) is 8.74. The van der Waals surface area contributed by atoms with Crippen molar-refractivity contribution in [1.29, 1.82) is 0 Å². The van der Waals surface area contributed by atoms with Crippen LogP contribution in [0.15, 0.2) is 24.3 Å². The highest BCUT2D eigenvalue weighted by molar-refractivity contribution is 6.22.